The molecule has 2 fully saturated rings. The van der Waals surface area contributed by atoms with E-state index in [1.165, 1.54) is 37.9 Å². The molecule has 0 aromatic carbocycles. The van der Waals surface area contributed by atoms with Crippen LogP contribution >= 0.6 is 0 Å². The molecule has 1 aromatic rings. The van der Waals surface area contributed by atoms with Gasteiger partial charge in [0.15, 0.2) is 0 Å². The maximum absolute atomic E-state index is 4.21. The van der Waals surface area contributed by atoms with E-state index in [0.29, 0.717) is 5.41 Å². The van der Waals surface area contributed by atoms with Gasteiger partial charge in [0.05, 0.1) is 0 Å². The largest absolute Gasteiger partial charge is 0.384 e. The molecule has 3 rings (SSSR count). The number of aromatic nitrogens is 1. The lowest BCUT2D eigenvalue weighted by molar-refractivity contribution is 0.467. The number of rotatable bonds is 4. The Kier molecular flexibility index (Phi) is 1.98. The minimum atomic E-state index is 0.678. The van der Waals surface area contributed by atoms with Crippen LogP contribution in [0, 0.1) is 18.3 Å². The van der Waals surface area contributed by atoms with Crippen molar-refractivity contribution < 1.29 is 0 Å². The van der Waals surface area contributed by atoms with E-state index in [-0.39, 0.29) is 0 Å². The normalized spacial score (nSPS) is 22.5. The van der Waals surface area contributed by atoms with Crippen molar-refractivity contribution in [3.8, 4) is 0 Å². The summed E-state index contributed by atoms with van der Waals surface area (Å²) in [6.07, 6.45) is 7.70. The van der Waals surface area contributed by atoms with Crippen LogP contribution in [0.4, 0.5) is 5.69 Å². The summed E-state index contributed by atoms with van der Waals surface area (Å²) in [5.41, 5.74) is 3.00. The standard InChI is InChI=1S/C13H18N2/c1-10-8-12(4-7-14-10)15-9-13(5-6-13)11-2-3-11/h4,7-8,11H,2-3,5-6,9H2,1H3,(H,14,15). The average molecular weight is 202 g/mol. The van der Waals surface area contributed by atoms with E-state index in [4.69, 9.17) is 0 Å². The third-order valence-electron chi connectivity index (χ3n) is 3.88. The maximum atomic E-state index is 4.21. The number of hydrogen-bond acceptors (Lipinski definition) is 2. The van der Waals surface area contributed by atoms with Gasteiger partial charge in [-0.3, -0.25) is 4.98 Å². The monoisotopic (exact) mass is 202 g/mol. The highest BCUT2D eigenvalue weighted by atomic mass is 14.9. The van der Waals surface area contributed by atoms with Gasteiger partial charge in [0.1, 0.15) is 0 Å². The zero-order valence-electron chi connectivity index (χ0n) is 9.29. The first kappa shape index (κ1) is 9.20. The lowest BCUT2D eigenvalue weighted by Crippen LogP contribution is -2.17. The van der Waals surface area contributed by atoms with Crippen molar-refractivity contribution in [3.63, 3.8) is 0 Å². The van der Waals surface area contributed by atoms with Gasteiger partial charge in [0.25, 0.3) is 0 Å². The molecule has 0 spiro atoms. The Morgan fingerprint density at radius 3 is 2.87 bits per heavy atom. The van der Waals surface area contributed by atoms with Crippen LogP contribution in [0.5, 0.6) is 0 Å². The summed E-state index contributed by atoms with van der Waals surface area (Å²) >= 11 is 0. The van der Waals surface area contributed by atoms with Crippen molar-refractivity contribution in [1.82, 2.24) is 4.98 Å². The Balaban J connectivity index is 1.61. The highest BCUT2D eigenvalue weighted by Crippen LogP contribution is 2.61. The van der Waals surface area contributed by atoms with E-state index in [0.717, 1.165) is 11.6 Å². The molecule has 1 N–H and O–H groups in total. The molecule has 15 heavy (non-hydrogen) atoms. The zero-order valence-corrected chi connectivity index (χ0v) is 9.29. The molecule has 1 heterocycles. The summed E-state index contributed by atoms with van der Waals surface area (Å²) in [5.74, 6) is 1.04. The first-order valence-electron chi connectivity index (χ1n) is 5.95. The van der Waals surface area contributed by atoms with Gasteiger partial charge in [-0.25, -0.2) is 0 Å². The van der Waals surface area contributed by atoms with E-state index in [1.54, 1.807) is 0 Å². The highest BCUT2D eigenvalue weighted by molar-refractivity contribution is 5.43. The molecule has 2 saturated carbocycles. The third kappa shape index (κ3) is 1.85. The maximum Gasteiger partial charge on any atom is 0.0393 e. The lowest BCUT2D eigenvalue weighted by Gasteiger charge is -2.15. The fourth-order valence-corrected chi connectivity index (χ4v) is 2.52. The highest BCUT2D eigenvalue weighted by Gasteiger charge is 2.53. The molecule has 2 nitrogen and oxygen atoms in total. The van der Waals surface area contributed by atoms with Crippen molar-refractivity contribution in [2.45, 2.75) is 32.6 Å². The van der Waals surface area contributed by atoms with Crippen molar-refractivity contribution in [2.24, 2.45) is 11.3 Å². The van der Waals surface area contributed by atoms with Crippen LogP contribution in [0.1, 0.15) is 31.4 Å². The Hall–Kier alpha value is -1.05. The number of nitrogens with one attached hydrogen (secondary N) is 1. The van der Waals surface area contributed by atoms with E-state index in [9.17, 15) is 0 Å². The summed E-state index contributed by atoms with van der Waals surface area (Å²) < 4.78 is 0. The minimum Gasteiger partial charge on any atom is -0.384 e. The van der Waals surface area contributed by atoms with Crippen molar-refractivity contribution in [1.29, 1.82) is 0 Å². The number of anilines is 1. The van der Waals surface area contributed by atoms with Crippen molar-refractivity contribution >= 4 is 5.69 Å². The molecule has 0 bridgehead atoms. The second-order valence-corrected chi connectivity index (χ2v) is 5.18. The summed E-state index contributed by atoms with van der Waals surface area (Å²) in [4.78, 5) is 4.21. The molecule has 2 aliphatic rings. The Labute approximate surface area is 91.1 Å². The van der Waals surface area contributed by atoms with Gasteiger partial charge < -0.3 is 5.32 Å². The molecular weight excluding hydrogens is 184 g/mol. The van der Waals surface area contributed by atoms with Crippen molar-refractivity contribution in [3.05, 3.63) is 24.0 Å². The second-order valence-electron chi connectivity index (χ2n) is 5.18. The average Bonchev–Trinajstić information content (AvgIpc) is 3.08. The number of nitrogens with zero attached hydrogens (tertiary/aromatic N) is 1. The summed E-state index contributed by atoms with van der Waals surface area (Å²) in [5, 5.41) is 3.57. The fourth-order valence-electron chi connectivity index (χ4n) is 2.52. The molecule has 0 unspecified atom stereocenters. The Morgan fingerprint density at radius 1 is 1.47 bits per heavy atom. The van der Waals surface area contributed by atoms with Crippen LogP contribution in [0.2, 0.25) is 0 Å². The molecule has 2 aliphatic carbocycles. The quantitative estimate of drug-likeness (QED) is 0.812. The SMILES string of the molecule is Cc1cc(NCC2(C3CC3)CC2)ccn1. The van der Waals surface area contributed by atoms with Crippen LogP contribution in [0.3, 0.4) is 0 Å². The predicted molar refractivity (Wildman–Crippen MR) is 61.9 cm³/mol. The van der Waals surface area contributed by atoms with Crippen LogP contribution in [0.25, 0.3) is 0 Å². The molecule has 1 aromatic heterocycles. The Morgan fingerprint density at radius 2 is 2.27 bits per heavy atom. The van der Waals surface area contributed by atoms with Crippen LogP contribution in [-0.4, -0.2) is 11.5 Å². The molecule has 80 valence electrons. The van der Waals surface area contributed by atoms with Gasteiger partial charge in [0.2, 0.25) is 0 Å². The van der Waals surface area contributed by atoms with Crippen molar-refractivity contribution in [2.75, 3.05) is 11.9 Å². The van der Waals surface area contributed by atoms with E-state index >= 15 is 0 Å². The molecule has 0 amide bonds. The van der Waals surface area contributed by atoms with Crippen LogP contribution in [0.15, 0.2) is 18.3 Å². The van der Waals surface area contributed by atoms with E-state index < -0.39 is 0 Å². The third-order valence-corrected chi connectivity index (χ3v) is 3.88. The van der Waals surface area contributed by atoms with Crippen LogP contribution < -0.4 is 5.32 Å². The molecule has 0 radical (unpaired) electrons. The van der Waals surface area contributed by atoms with E-state index in [1.807, 2.05) is 13.1 Å². The van der Waals surface area contributed by atoms with E-state index in [2.05, 4.69) is 22.4 Å². The van der Waals surface area contributed by atoms with Gasteiger partial charge >= 0.3 is 0 Å². The van der Waals surface area contributed by atoms with Gasteiger partial charge in [-0.2, -0.15) is 0 Å². The molecule has 0 atom stereocenters. The van der Waals surface area contributed by atoms with Gasteiger partial charge in [0, 0.05) is 24.1 Å². The minimum absolute atomic E-state index is 0.678. The number of pyridine rings is 1. The first-order chi connectivity index (χ1) is 7.28. The number of aryl methyl sites for hydroxylation is 1. The predicted octanol–water partition coefficient (Wildman–Crippen LogP) is 2.99. The van der Waals surface area contributed by atoms with Gasteiger partial charge in [-0.05, 0) is 56.1 Å². The lowest BCUT2D eigenvalue weighted by atomic mass is 10.0. The molecule has 0 aliphatic heterocycles. The second kappa shape index (κ2) is 3.22. The first-order valence-corrected chi connectivity index (χ1v) is 5.95. The summed E-state index contributed by atoms with van der Waals surface area (Å²) in [7, 11) is 0. The Bertz CT molecular complexity index is 365. The van der Waals surface area contributed by atoms with Gasteiger partial charge in [-0.15, -0.1) is 0 Å². The van der Waals surface area contributed by atoms with Crippen LogP contribution in [-0.2, 0) is 0 Å². The topological polar surface area (TPSA) is 24.9 Å². The summed E-state index contributed by atoms with van der Waals surface area (Å²) in [6, 6.07) is 4.19. The molecule has 2 heteroatoms. The molecule has 0 saturated heterocycles. The number of hydrogen-bond donors (Lipinski definition) is 1. The molecular formula is C13H18N2. The summed E-state index contributed by atoms with van der Waals surface area (Å²) in [6.45, 7) is 3.21. The fraction of sp³-hybridized carbons (Fsp3) is 0.615. The zero-order chi connectivity index (χ0) is 10.3. The van der Waals surface area contributed by atoms with Gasteiger partial charge in [-0.1, -0.05) is 0 Å². The smallest absolute Gasteiger partial charge is 0.0393 e.